The zero-order valence-electron chi connectivity index (χ0n) is 20.1. The zero-order chi connectivity index (χ0) is 26.1. The van der Waals surface area contributed by atoms with E-state index in [1.54, 1.807) is 28.8 Å². The number of esters is 2. The monoisotopic (exact) mass is 521 g/mol. The maximum absolute atomic E-state index is 12.9. The highest BCUT2D eigenvalue weighted by Gasteiger charge is 2.40. The summed E-state index contributed by atoms with van der Waals surface area (Å²) in [4.78, 5) is 37.9. The van der Waals surface area contributed by atoms with Gasteiger partial charge in [0.25, 0.3) is 0 Å². The smallest absolute Gasteiger partial charge is 0.338 e. The van der Waals surface area contributed by atoms with E-state index in [0.717, 1.165) is 11.1 Å². The summed E-state index contributed by atoms with van der Waals surface area (Å²) in [6, 6.07) is 14.1. The maximum atomic E-state index is 12.9. The number of aromatic nitrogens is 4. The Morgan fingerprint density at radius 2 is 1.65 bits per heavy atom. The van der Waals surface area contributed by atoms with Crippen LogP contribution in [0.25, 0.3) is 11.2 Å². The van der Waals surface area contributed by atoms with Crippen molar-refractivity contribution in [2.45, 2.75) is 38.7 Å². The summed E-state index contributed by atoms with van der Waals surface area (Å²) in [6.07, 6.45) is -0.306. The minimum atomic E-state index is -0.735. The van der Waals surface area contributed by atoms with E-state index in [0.29, 0.717) is 22.3 Å². The summed E-state index contributed by atoms with van der Waals surface area (Å²) in [5.41, 5.74) is 9.55. The molecule has 37 heavy (non-hydrogen) atoms. The number of ether oxygens (including phenoxy) is 3. The molecular weight excluding hydrogens is 498 g/mol. The molecule has 10 nitrogen and oxygen atoms in total. The van der Waals surface area contributed by atoms with Crippen molar-refractivity contribution in [1.29, 1.82) is 0 Å². The molecular formula is C26H24ClN5O5. The van der Waals surface area contributed by atoms with Gasteiger partial charge in [-0.25, -0.2) is 14.6 Å². The van der Waals surface area contributed by atoms with E-state index in [9.17, 15) is 9.59 Å². The predicted molar refractivity (Wildman–Crippen MR) is 135 cm³/mol. The van der Waals surface area contributed by atoms with Crippen LogP contribution in [0, 0.1) is 13.8 Å². The third-order valence-corrected chi connectivity index (χ3v) is 6.29. The van der Waals surface area contributed by atoms with Gasteiger partial charge in [0.05, 0.1) is 17.5 Å². The molecule has 0 amide bonds. The number of rotatable bonds is 6. The Labute approximate surface area is 217 Å². The maximum Gasteiger partial charge on any atom is 0.338 e. The lowest BCUT2D eigenvalue weighted by Gasteiger charge is -2.19. The fraction of sp³-hybridized carbons (Fsp3) is 0.269. The van der Waals surface area contributed by atoms with Crippen LogP contribution in [0.4, 0.5) is 5.82 Å². The minimum Gasteiger partial charge on any atom is -0.459 e. The van der Waals surface area contributed by atoms with Gasteiger partial charge in [-0.2, -0.15) is 9.97 Å². The molecule has 1 saturated heterocycles. The van der Waals surface area contributed by atoms with Gasteiger partial charge in [-0.1, -0.05) is 35.4 Å². The van der Waals surface area contributed by atoms with E-state index in [1.165, 1.54) is 6.33 Å². The SMILES string of the molecule is Cc1ccc(C(=O)OC[C@H]2O[C@@H](n3cnc4c(N)nc(Cl)nc43)C[C@@H]2OC(=O)c2ccc(C)cc2)cc1. The molecule has 11 heteroatoms. The Morgan fingerprint density at radius 3 is 2.30 bits per heavy atom. The molecule has 4 aromatic rings. The summed E-state index contributed by atoms with van der Waals surface area (Å²) >= 11 is 6.01. The van der Waals surface area contributed by atoms with Gasteiger partial charge in [0.2, 0.25) is 5.28 Å². The Morgan fingerprint density at radius 1 is 1.03 bits per heavy atom. The van der Waals surface area contributed by atoms with E-state index in [2.05, 4.69) is 15.0 Å². The number of anilines is 1. The van der Waals surface area contributed by atoms with Gasteiger partial charge in [-0.15, -0.1) is 0 Å². The third kappa shape index (κ3) is 5.25. The number of nitrogens with two attached hydrogens (primary N) is 1. The minimum absolute atomic E-state index is 0.0318. The lowest BCUT2D eigenvalue weighted by molar-refractivity contribution is -0.0563. The van der Waals surface area contributed by atoms with Crippen molar-refractivity contribution >= 4 is 40.5 Å². The quantitative estimate of drug-likeness (QED) is 0.295. The van der Waals surface area contributed by atoms with Crippen molar-refractivity contribution in [2.24, 2.45) is 0 Å². The number of carbonyl (C=O) groups excluding carboxylic acids is 2. The van der Waals surface area contributed by atoms with Gasteiger partial charge in [0.1, 0.15) is 30.6 Å². The van der Waals surface area contributed by atoms with Crippen LogP contribution >= 0.6 is 11.6 Å². The molecule has 2 aromatic heterocycles. The van der Waals surface area contributed by atoms with Crippen molar-refractivity contribution in [3.63, 3.8) is 0 Å². The van der Waals surface area contributed by atoms with E-state index < -0.39 is 30.4 Å². The van der Waals surface area contributed by atoms with Crippen LogP contribution in [-0.2, 0) is 14.2 Å². The van der Waals surface area contributed by atoms with Crippen LogP contribution in [0.3, 0.4) is 0 Å². The lowest BCUT2D eigenvalue weighted by atomic mass is 10.1. The number of nitrogen functional groups attached to an aromatic ring is 1. The number of aryl methyl sites for hydroxylation is 2. The van der Waals surface area contributed by atoms with Crippen molar-refractivity contribution < 1.29 is 23.8 Å². The number of benzene rings is 2. The van der Waals surface area contributed by atoms with Gasteiger partial charge in [0.15, 0.2) is 11.5 Å². The molecule has 1 aliphatic heterocycles. The van der Waals surface area contributed by atoms with E-state index in [1.807, 2.05) is 38.1 Å². The first-order valence-electron chi connectivity index (χ1n) is 11.6. The molecule has 2 N–H and O–H groups in total. The molecule has 1 aliphatic rings. The van der Waals surface area contributed by atoms with Gasteiger partial charge in [-0.05, 0) is 49.7 Å². The third-order valence-electron chi connectivity index (χ3n) is 6.12. The molecule has 0 radical (unpaired) electrons. The van der Waals surface area contributed by atoms with Crippen LogP contribution in [0.5, 0.6) is 0 Å². The fourth-order valence-electron chi connectivity index (χ4n) is 4.09. The highest BCUT2D eigenvalue weighted by atomic mass is 35.5. The summed E-state index contributed by atoms with van der Waals surface area (Å²) in [6.45, 7) is 3.74. The second kappa shape index (κ2) is 10.2. The Kier molecular flexibility index (Phi) is 6.77. The van der Waals surface area contributed by atoms with Gasteiger partial charge in [-0.3, -0.25) is 4.57 Å². The van der Waals surface area contributed by atoms with Crippen molar-refractivity contribution in [3.05, 3.63) is 82.4 Å². The molecule has 0 spiro atoms. The topological polar surface area (TPSA) is 131 Å². The van der Waals surface area contributed by atoms with Crippen LogP contribution in [0.2, 0.25) is 5.28 Å². The van der Waals surface area contributed by atoms with Crippen molar-refractivity contribution in [1.82, 2.24) is 19.5 Å². The summed E-state index contributed by atoms with van der Waals surface area (Å²) in [5.74, 6) is -0.872. The van der Waals surface area contributed by atoms with Crippen LogP contribution in [0.15, 0.2) is 54.9 Å². The van der Waals surface area contributed by atoms with E-state index >= 15 is 0 Å². The van der Waals surface area contributed by atoms with Crippen LogP contribution < -0.4 is 5.73 Å². The van der Waals surface area contributed by atoms with Gasteiger partial charge in [0, 0.05) is 6.42 Å². The average molecular weight is 522 g/mol. The molecule has 0 unspecified atom stereocenters. The molecule has 5 rings (SSSR count). The highest BCUT2D eigenvalue weighted by molar-refractivity contribution is 6.28. The molecule has 0 saturated carbocycles. The number of fused-ring (bicyclic) bond motifs is 1. The zero-order valence-corrected chi connectivity index (χ0v) is 20.9. The van der Waals surface area contributed by atoms with Crippen LogP contribution in [0.1, 0.15) is 44.5 Å². The molecule has 2 aromatic carbocycles. The number of carbonyl (C=O) groups is 2. The second-order valence-electron chi connectivity index (χ2n) is 8.84. The first-order chi connectivity index (χ1) is 17.8. The normalized spacial score (nSPS) is 19.2. The first kappa shape index (κ1) is 24.7. The van der Waals surface area contributed by atoms with Crippen LogP contribution in [-0.4, -0.2) is 50.3 Å². The molecule has 1 fully saturated rings. The Hall–Kier alpha value is -4.02. The molecule has 190 valence electrons. The largest absolute Gasteiger partial charge is 0.459 e. The molecule has 3 heterocycles. The summed E-state index contributed by atoms with van der Waals surface area (Å²) in [7, 11) is 0. The average Bonchev–Trinajstić information content (AvgIpc) is 3.47. The van der Waals surface area contributed by atoms with Gasteiger partial charge < -0.3 is 19.9 Å². The molecule has 0 aliphatic carbocycles. The van der Waals surface area contributed by atoms with E-state index in [4.69, 9.17) is 31.5 Å². The van der Waals surface area contributed by atoms with E-state index in [-0.39, 0.29) is 24.1 Å². The number of imidazole rings is 1. The van der Waals surface area contributed by atoms with Crippen molar-refractivity contribution in [3.8, 4) is 0 Å². The number of hydrogen-bond acceptors (Lipinski definition) is 9. The van der Waals surface area contributed by atoms with Crippen molar-refractivity contribution in [2.75, 3.05) is 12.3 Å². The fourth-order valence-corrected chi connectivity index (χ4v) is 4.26. The Bertz CT molecular complexity index is 1460. The number of nitrogens with zero attached hydrogens (tertiary/aromatic N) is 4. The number of halogens is 1. The predicted octanol–water partition coefficient (Wildman–Crippen LogP) is 4.05. The highest BCUT2D eigenvalue weighted by Crippen LogP contribution is 2.34. The standard InChI is InChI=1S/C26H24ClN5O5/c1-14-3-7-16(8-4-14)24(33)35-12-19-18(37-25(34)17-9-5-15(2)6-10-17)11-20(36-19)32-13-29-21-22(28)30-26(27)31-23(21)32/h3-10,13,18-20H,11-12H2,1-2H3,(H2,28,30,31)/t18-,19+,20+/m0/s1. The van der Waals surface area contributed by atoms with Gasteiger partial charge >= 0.3 is 11.9 Å². The first-order valence-corrected chi connectivity index (χ1v) is 12.0. The second-order valence-corrected chi connectivity index (χ2v) is 9.18. The molecule has 0 bridgehead atoms. The molecule has 3 atom stereocenters. The Balaban J connectivity index is 1.37. The lowest BCUT2D eigenvalue weighted by Crippen LogP contribution is -2.32. The summed E-state index contributed by atoms with van der Waals surface area (Å²) < 4.78 is 19.2. The number of hydrogen-bond donors (Lipinski definition) is 1. The summed E-state index contributed by atoms with van der Waals surface area (Å²) in [5, 5.41) is -0.0318.